The normalized spacial score (nSPS) is 17.8. The van der Waals surface area contributed by atoms with Crippen molar-refractivity contribution >= 4 is 34.4 Å². The van der Waals surface area contributed by atoms with Crippen molar-refractivity contribution < 1.29 is 19.4 Å². The number of likely N-dealkylation sites (tertiary alicyclic amines) is 1. The van der Waals surface area contributed by atoms with Crippen molar-refractivity contribution in [1.29, 1.82) is 0 Å². The highest BCUT2D eigenvalue weighted by Gasteiger charge is 2.34. The number of H-pyrrole nitrogens is 1. The molecule has 1 aliphatic rings. The van der Waals surface area contributed by atoms with E-state index in [2.05, 4.69) is 4.98 Å². The van der Waals surface area contributed by atoms with E-state index in [9.17, 15) is 14.7 Å². The highest BCUT2D eigenvalue weighted by molar-refractivity contribution is 6.31. The van der Waals surface area contributed by atoms with Crippen molar-refractivity contribution in [3.05, 3.63) is 35.0 Å². The quantitative estimate of drug-likeness (QED) is 0.828. The van der Waals surface area contributed by atoms with E-state index in [1.165, 1.54) is 7.11 Å². The lowest BCUT2D eigenvalue weighted by atomic mass is 9.94. The average molecular weight is 351 g/mol. The van der Waals surface area contributed by atoms with Gasteiger partial charge in [-0.25, -0.2) is 0 Å². The van der Waals surface area contributed by atoms with Crippen LogP contribution in [-0.2, 0) is 14.3 Å². The molecule has 0 aliphatic carbocycles. The Morgan fingerprint density at radius 1 is 1.38 bits per heavy atom. The van der Waals surface area contributed by atoms with E-state index in [1.54, 1.807) is 18.3 Å². The van der Waals surface area contributed by atoms with Gasteiger partial charge in [-0.1, -0.05) is 11.6 Å². The fourth-order valence-electron chi connectivity index (χ4n) is 3.39. The number of carboxylic acid groups (broad SMARTS) is 1. The van der Waals surface area contributed by atoms with Gasteiger partial charge in [0, 0.05) is 40.8 Å². The van der Waals surface area contributed by atoms with Gasteiger partial charge >= 0.3 is 11.9 Å². The van der Waals surface area contributed by atoms with E-state index in [0.29, 0.717) is 36.5 Å². The van der Waals surface area contributed by atoms with Crippen molar-refractivity contribution in [2.75, 3.05) is 20.2 Å². The Balaban J connectivity index is 1.87. The lowest BCUT2D eigenvalue weighted by Gasteiger charge is -2.34. The first kappa shape index (κ1) is 16.8. The molecule has 1 aromatic heterocycles. The lowest BCUT2D eigenvalue weighted by molar-refractivity contribution is -0.148. The molecular weight excluding hydrogens is 332 g/mol. The number of carbonyl (C=O) groups excluding carboxylic acids is 1. The summed E-state index contributed by atoms with van der Waals surface area (Å²) in [6, 6.07) is 4.61. The summed E-state index contributed by atoms with van der Waals surface area (Å²) in [5.41, 5.74) is 1.54. The van der Waals surface area contributed by atoms with Crippen LogP contribution in [0.25, 0.3) is 10.9 Å². The third-order valence-corrected chi connectivity index (χ3v) is 4.87. The molecule has 1 aromatic carbocycles. The van der Waals surface area contributed by atoms with Crippen LogP contribution in [0.3, 0.4) is 0 Å². The Kier molecular flexibility index (Phi) is 4.78. The van der Waals surface area contributed by atoms with Crippen LogP contribution in [0.1, 0.15) is 24.4 Å². The van der Waals surface area contributed by atoms with E-state index in [0.717, 1.165) is 10.9 Å². The number of rotatable bonds is 4. The SMILES string of the molecule is COC(=O)C1CCN([C@H](C(=O)O)c2c[nH]c3ccc(Cl)cc23)CC1. The highest BCUT2D eigenvalue weighted by atomic mass is 35.5. The van der Waals surface area contributed by atoms with E-state index >= 15 is 0 Å². The molecule has 24 heavy (non-hydrogen) atoms. The summed E-state index contributed by atoms with van der Waals surface area (Å²) < 4.78 is 4.78. The van der Waals surface area contributed by atoms with Gasteiger partial charge in [-0.3, -0.25) is 14.5 Å². The zero-order chi connectivity index (χ0) is 17.3. The number of nitrogens with one attached hydrogen (secondary N) is 1. The molecule has 0 saturated carbocycles. The summed E-state index contributed by atoms with van der Waals surface area (Å²) in [6.07, 6.45) is 2.92. The molecule has 0 bridgehead atoms. The molecule has 0 spiro atoms. The number of benzene rings is 1. The second-order valence-electron chi connectivity index (χ2n) is 6.01. The standard InChI is InChI=1S/C17H19ClN2O4/c1-24-17(23)10-4-6-20(7-5-10)15(16(21)22)13-9-19-14-3-2-11(18)8-12(13)14/h2-3,8-10,15,19H,4-7H2,1H3,(H,21,22)/t15-/m0/s1. The minimum absolute atomic E-state index is 0.155. The van der Waals surface area contributed by atoms with Crippen LogP contribution in [0.2, 0.25) is 5.02 Å². The van der Waals surface area contributed by atoms with Crippen molar-refractivity contribution in [1.82, 2.24) is 9.88 Å². The van der Waals surface area contributed by atoms with Gasteiger partial charge in [-0.05, 0) is 31.0 Å². The summed E-state index contributed by atoms with van der Waals surface area (Å²) in [7, 11) is 1.38. The second-order valence-corrected chi connectivity index (χ2v) is 6.44. The van der Waals surface area contributed by atoms with Gasteiger partial charge in [0.15, 0.2) is 0 Å². The number of hydrogen-bond acceptors (Lipinski definition) is 4. The average Bonchev–Trinajstić information content (AvgIpc) is 2.97. The number of methoxy groups -OCH3 is 1. The number of ether oxygens (including phenoxy) is 1. The van der Waals surface area contributed by atoms with Crippen LogP contribution in [0.5, 0.6) is 0 Å². The van der Waals surface area contributed by atoms with Crippen LogP contribution < -0.4 is 0 Å². The van der Waals surface area contributed by atoms with Crippen molar-refractivity contribution in [2.24, 2.45) is 5.92 Å². The smallest absolute Gasteiger partial charge is 0.325 e. The van der Waals surface area contributed by atoms with Crippen LogP contribution in [-0.4, -0.2) is 47.1 Å². The molecule has 1 aliphatic heterocycles. The molecule has 2 aromatic rings. The van der Waals surface area contributed by atoms with Crippen molar-refractivity contribution in [3.63, 3.8) is 0 Å². The molecule has 2 N–H and O–H groups in total. The molecule has 1 fully saturated rings. The van der Waals surface area contributed by atoms with Crippen LogP contribution in [0.15, 0.2) is 24.4 Å². The number of aromatic nitrogens is 1. The Bertz CT molecular complexity index is 765. The van der Waals surface area contributed by atoms with Crippen molar-refractivity contribution in [3.8, 4) is 0 Å². The lowest BCUT2D eigenvalue weighted by Crippen LogP contribution is -2.41. The van der Waals surface area contributed by atoms with Crippen LogP contribution >= 0.6 is 11.6 Å². The topological polar surface area (TPSA) is 82.6 Å². The molecule has 1 atom stereocenters. The maximum Gasteiger partial charge on any atom is 0.325 e. The minimum Gasteiger partial charge on any atom is -0.480 e. The summed E-state index contributed by atoms with van der Waals surface area (Å²) in [6.45, 7) is 1.06. The van der Waals surface area contributed by atoms with Gasteiger partial charge < -0.3 is 14.8 Å². The predicted octanol–water partition coefficient (Wildman–Crippen LogP) is 2.83. The number of piperidine rings is 1. The van der Waals surface area contributed by atoms with Gasteiger partial charge in [0.2, 0.25) is 0 Å². The van der Waals surface area contributed by atoms with E-state index in [1.807, 2.05) is 11.0 Å². The molecule has 3 rings (SSSR count). The Morgan fingerprint density at radius 3 is 2.71 bits per heavy atom. The monoisotopic (exact) mass is 350 g/mol. The molecule has 128 valence electrons. The second kappa shape index (κ2) is 6.83. The number of fused-ring (bicyclic) bond motifs is 1. The number of esters is 1. The Labute approximate surface area is 144 Å². The maximum atomic E-state index is 11.9. The first-order valence-electron chi connectivity index (χ1n) is 7.82. The first-order valence-corrected chi connectivity index (χ1v) is 8.20. The number of halogens is 1. The largest absolute Gasteiger partial charge is 0.480 e. The molecule has 0 amide bonds. The zero-order valence-corrected chi connectivity index (χ0v) is 14.0. The number of aromatic amines is 1. The summed E-state index contributed by atoms with van der Waals surface area (Å²) in [5, 5.41) is 11.1. The van der Waals surface area contributed by atoms with Gasteiger partial charge in [0.05, 0.1) is 13.0 Å². The molecular formula is C17H19ClN2O4. The zero-order valence-electron chi connectivity index (χ0n) is 13.3. The first-order chi connectivity index (χ1) is 11.5. The Morgan fingerprint density at radius 2 is 2.08 bits per heavy atom. The number of carbonyl (C=O) groups is 2. The molecule has 0 unspecified atom stereocenters. The van der Waals surface area contributed by atoms with Crippen LogP contribution in [0.4, 0.5) is 0 Å². The van der Waals surface area contributed by atoms with E-state index < -0.39 is 12.0 Å². The van der Waals surface area contributed by atoms with E-state index in [-0.39, 0.29) is 11.9 Å². The third kappa shape index (κ3) is 3.12. The third-order valence-electron chi connectivity index (χ3n) is 4.63. The van der Waals surface area contributed by atoms with Gasteiger partial charge in [-0.15, -0.1) is 0 Å². The fraction of sp³-hybridized carbons (Fsp3) is 0.412. The summed E-state index contributed by atoms with van der Waals surface area (Å²) in [5.74, 6) is -1.29. The maximum absolute atomic E-state index is 11.9. The highest BCUT2D eigenvalue weighted by Crippen LogP contribution is 2.33. The molecule has 0 radical (unpaired) electrons. The number of nitrogens with zero attached hydrogens (tertiary/aromatic N) is 1. The van der Waals surface area contributed by atoms with Gasteiger partial charge in [0.25, 0.3) is 0 Å². The minimum atomic E-state index is -0.910. The van der Waals surface area contributed by atoms with E-state index in [4.69, 9.17) is 16.3 Å². The summed E-state index contributed by atoms with van der Waals surface area (Å²) >= 11 is 6.06. The van der Waals surface area contributed by atoms with Crippen LogP contribution in [0, 0.1) is 5.92 Å². The molecule has 6 nitrogen and oxygen atoms in total. The number of aliphatic carboxylic acids is 1. The van der Waals surface area contributed by atoms with Gasteiger partial charge in [0.1, 0.15) is 6.04 Å². The fourth-order valence-corrected chi connectivity index (χ4v) is 3.56. The number of hydrogen-bond donors (Lipinski definition) is 2. The summed E-state index contributed by atoms with van der Waals surface area (Å²) in [4.78, 5) is 28.6. The molecule has 7 heteroatoms. The number of carboxylic acids is 1. The molecule has 1 saturated heterocycles. The van der Waals surface area contributed by atoms with Gasteiger partial charge in [-0.2, -0.15) is 0 Å². The van der Waals surface area contributed by atoms with Crippen molar-refractivity contribution in [2.45, 2.75) is 18.9 Å². The predicted molar refractivity (Wildman–Crippen MR) is 90.0 cm³/mol. The molecule has 2 heterocycles. The Hall–Kier alpha value is -2.05.